The zero-order chi connectivity index (χ0) is 29.9. The molecule has 41 heavy (non-hydrogen) atoms. The smallest absolute Gasteiger partial charge is 0.140 e. The third-order valence-electron chi connectivity index (χ3n) is 9.01. The van der Waals surface area contributed by atoms with E-state index in [2.05, 4.69) is 13.8 Å². The standard InChI is InChI=1S/C39H76O2/c1-3-5-7-9-11-13-15-17-19-21-23-25-27-29-31-33-35-38(40)37-39(41)36-34-32-30-28-26-24-22-20-18-16-14-12-10-8-6-4-2/h3-37H2,1-2H3. The van der Waals surface area contributed by atoms with Crippen molar-refractivity contribution in [2.45, 2.75) is 239 Å². The molecule has 0 saturated carbocycles. The van der Waals surface area contributed by atoms with Gasteiger partial charge in [-0.3, -0.25) is 9.59 Å². The van der Waals surface area contributed by atoms with E-state index in [1.807, 2.05) is 0 Å². The fraction of sp³-hybridized carbons (Fsp3) is 0.949. The first-order valence-corrected chi connectivity index (χ1v) is 19.2. The van der Waals surface area contributed by atoms with Crippen LogP contribution in [0.4, 0.5) is 0 Å². The minimum Gasteiger partial charge on any atom is -0.299 e. The lowest BCUT2D eigenvalue weighted by Crippen LogP contribution is -2.07. The van der Waals surface area contributed by atoms with Crippen LogP contribution in [0.15, 0.2) is 0 Å². The van der Waals surface area contributed by atoms with Gasteiger partial charge in [-0.25, -0.2) is 0 Å². The molecule has 0 amide bonds. The van der Waals surface area contributed by atoms with Crippen LogP contribution < -0.4 is 0 Å². The molecule has 0 aromatic rings. The molecule has 0 rings (SSSR count). The van der Waals surface area contributed by atoms with E-state index < -0.39 is 0 Å². The van der Waals surface area contributed by atoms with Crippen LogP contribution in [-0.2, 0) is 9.59 Å². The molecule has 0 atom stereocenters. The first kappa shape index (κ1) is 40.3. The number of carbonyl (C=O) groups is 2. The molecular formula is C39H76O2. The first-order valence-electron chi connectivity index (χ1n) is 19.2. The molecule has 0 aromatic heterocycles. The second kappa shape index (κ2) is 35.5. The van der Waals surface area contributed by atoms with Crippen molar-refractivity contribution in [1.29, 1.82) is 0 Å². The third kappa shape index (κ3) is 35.4. The molecule has 0 unspecified atom stereocenters. The maximum Gasteiger partial charge on any atom is 0.140 e. The first-order chi connectivity index (χ1) is 20.2. The summed E-state index contributed by atoms with van der Waals surface area (Å²) in [7, 11) is 0. The molecule has 0 saturated heterocycles. The number of carbonyl (C=O) groups excluding carboxylic acids is 2. The van der Waals surface area contributed by atoms with E-state index in [1.54, 1.807) is 0 Å². The van der Waals surface area contributed by atoms with Crippen LogP contribution in [0, 0.1) is 0 Å². The molecule has 0 heterocycles. The van der Waals surface area contributed by atoms with Crippen molar-refractivity contribution in [3.8, 4) is 0 Å². The molecular weight excluding hydrogens is 500 g/mol. The van der Waals surface area contributed by atoms with E-state index in [9.17, 15) is 9.59 Å². The summed E-state index contributed by atoms with van der Waals surface area (Å²) in [5, 5.41) is 0. The lowest BCUT2D eigenvalue weighted by molar-refractivity contribution is -0.127. The van der Waals surface area contributed by atoms with E-state index in [-0.39, 0.29) is 18.0 Å². The maximum atomic E-state index is 12.2. The Morgan fingerprint density at radius 2 is 0.439 bits per heavy atom. The Kier molecular flexibility index (Phi) is 35.0. The van der Waals surface area contributed by atoms with Gasteiger partial charge in [0.15, 0.2) is 0 Å². The van der Waals surface area contributed by atoms with Gasteiger partial charge in [-0.15, -0.1) is 0 Å². The van der Waals surface area contributed by atoms with Gasteiger partial charge >= 0.3 is 0 Å². The van der Waals surface area contributed by atoms with Crippen molar-refractivity contribution in [3.63, 3.8) is 0 Å². The summed E-state index contributed by atoms with van der Waals surface area (Å²) in [6.45, 7) is 4.57. The van der Waals surface area contributed by atoms with Gasteiger partial charge in [0.25, 0.3) is 0 Å². The Morgan fingerprint density at radius 1 is 0.268 bits per heavy atom. The van der Waals surface area contributed by atoms with Crippen molar-refractivity contribution in [2.24, 2.45) is 0 Å². The molecule has 0 aliphatic carbocycles. The van der Waals surface area contributed by atoms with E-state index in [0.29, 0.717) is 12.8 Å². The predicted octanol–water partition coefficient (Wildman–Crippen LogP) is 13.8. The van der Waals surface area contributed by atoms with Gasteiger partial charge in [-0.2, -0.15) is 0 Å². The minimum atomic E-state index is 0.178. The highest BCUT2D eigenvalue weighted by Crippen LogP contribution is 2.16. The molecule has 0 aromatic carbocycles. The topological polar surface area (TPSA) is 34.1 Å². The summed E-state index contributed by atoms with van der Waals surface area (Å²) >= 11 is 0. The molecule has 0 radical (unpaired) electrons. The Morgan fingerprint density at radius 3 is 0.634 bits per heavy atom. The summed E-state index contributed by atoms with van der Waals surface area (Å²) in [5.41, 5.74) is 0. The maximum absolute atomic E-state index is 12.2. The molecule has 0 aliphatic rings. The van der Waals surface area contributed by atoms with Gasteiger partial charge in [0, 0.05) is 12.8 Å². The number of unbranched alkanes of at least 4 members (excludes halogenated alkanes) is 30. The zero-order valence-corrected chi connectivity index (χ0v) is 28.6. The summed E-state index contributed by atoms with van der Waals surface area (Å²) in [6.07, 6.45) is 44.6. The van der Waals surface area contributed by atoms with Crippen LogP contribution in [0.1, 0.15) is 239 Å². The Hall–Kier alpha value is -0.660. The van der Waals surface area contributed by atoms with Crippen LogP contribution >= 0.6 is 0 Å². The molecule has 0 N–H and O–H groups in total. The number of rotatable bonds is 36. The zero-order valence-electron chi connectivity index (χ0n) is 28.6. The molecule has 2 heteroatoms. The van der Waals surface area contributed by atoms with Crippen LogP contribution in [0.25, 0.3) is 0 Å². The van der Waals surface area contributed by atoms with Crippen LogP contribution in [0.5, 0.6) is 0 Å². The van der Waals surface area contributed by atoms with Crippen LogP contribution in [0.3, 0.4) is 0 Å². The van der Waals surface area contributed by atoms with Crippen molar-refractivity contribution in [1.82, 2.24) is 0 Å². The fourth-order valence-electron chi connectivity index (χ4n) is 6.14. The van der Waals surface area contributed by atoms with E-state index in [1.165, 1.54) is 180 Å². The van der Waals surface area contributed by atoms with Crippen molar-refractivity contribution in [3.05, 3.63) is 0 Å². The average molecular weight is 577 g/mol. The monoisotopic (exact) mass is 577 g/mol. The van der Waals surface area contributed by atoms with Gasteiger partial charge in [0.2, 0.25) is 0 Å². The van der Waals surface area contributed by atoms with E-state index in [0.717, 1.165) is 25.7 Å². The van der Waals surface area contributed by atoms with Crippen molar-refractivity contribution < 1.29 is 9.59 Å². The van der Waals surface area contributed by atoms with E-state index >= 15 is 0 Å². The third-order valence-corrected chi connectivity index (χ3v) is 9.01. The highest BCUT2D eigenvalue weighted by atomic mass is 16.1. The van der Waals surface area contributed by atoms with Crippen molar-refractivity contribution in [2.75, 3.05) is 0 Å². The van der Waals surface area contributed by atoms with Crippen LogP contribution in [-0.4, -0.2) is 11.6 Å². The van der Waals surface area contributed by atoms with Crippen molar-refractivity contribution >= 4 is 11.6 Å². The summed E-state index contributed by atoms with van der Waals surface area (Å²) < 4.78 is 0. The van der Waals surface area contributed by atoms with Gasteiger partial charge < -0.3 is 0 Å². The lowest BCUT2D eigenvalue weighted by atomic mass is 10.0. The molecule has 0 aliphatic heterocycles. The normalized spacial score (nSPS) is 11.4. The molecule has 0 fully saturated rings. The number of hydrogen-bond acceptors (Lipinski definition) is 2. The fourth-order valence-corrected chi connectivity index (χ4v) is 6.14. The quantitative estimate of drug-likeness (QED) is 0.0549. The summed E-state index contributed by atoms with van der Waals surface area (Å²) in [6, 6.07) is 0. The molecule has 244 valence electrons. The summed E-state index contributed by atoms with van der Waals surface area (Å²) in [4.78, 5) is 24.3. The molecule has 0 spiro atoms. The molecule has 0 bridgehead atoms. The lowest BCUT2D eigenvalue weighted by Gasteiger charge is -2.04. The second-order valence-corrected chi connectivity index (χ2v) is 13.4. The van der Waals surface area contributed by atoms with Gasteiger partial charge in [-0.05, 0) is 12.8 Å². The highest BCUT2D eigenvalue weighted by molar-refractivity contribution is 5.98. The number of hydrogen-bond donors (Lipinski definition) is 0. The van der Waals surface area contributed by atoms with E-state index in [4.69, 9.17) is 0 Å². The number of Topliss-reactive ketones (excluding diaryl/α,β-unsaturated/α-hetero) is 2. The second-order valence-electron chi connectivity index (χ2n) is 13.4. The summed E-state index contributed by atoms with van der Waals surface area (Å²) in [5.74, 6) is 0.355. The average Bonchev–Trinajstić information content (AvgIpc) is 2.96. The highest BCUT2D eigenvalue weighted by Gasteiger charge is 2.09. The van der Waals surface area contributed by atoms with Crippen LogP contribution in [0.2, 0.25) is 0 Å². The largest absolute Gasteiger partial charge is 0.299 e. The van der Waals surface area contributed by atoms with Gasteiger partial charge in [-0.1, -0.05) is 206 Å². The molecule has 2 nitrogen and oxygen atoms in total. The SMILES string of the molecule is CCCCCCCCCCCCCCCCCCC(=O)CC(=O)CCCCCCCCCCCCCCCCCC. The number of ketones is 2. The van der Waals surface area contributed by atoms with Gasteiger partial charge in [0.1, 0.15) is 11.6 Å². The Balaban J connectivity index is 3.27. The Labute approximate surface area is 259 Å². The predicted molar refractivity (Wildman–Crippen MR) is 183 cm³/mol. The Bertz CT molecular complexity index is 480. The minimum absolute atomic E-state index is 0.178. The van der Waals surface area contributed by atoms with Gasteiger partial charge in [0.05, 0.1) is 6.42 Å².